The van der Waals surface area contributed by atoms with Gasteiger partial charge in [-0.05, 0) is 35.9 Å². The summed E-state index contributed by atoms with van der Waals surface area (Å²) in [4.78, 5) is 28.6. The topological polar surface area (TPSA) is 112 Å². The normalized spacial score (nSPS) is 11.4. The highest BCUT2D eigenvalue weighted by molar-refractivity contribution is 6.01. The van der Waals surface area contributed by atoms with Gasteiger partial charge in [0.1, 0.15) is 5.69 Å². The van der Waals surface area contributed by atoms with E-state index in [-0.39, 0.29) is 11.8 Å². The number of rotatable bonds is 5. The first-order valence-electron chi connectivity index (χ1n) is 11.7. The predicted molar refractivity (Wildman–Crippen MR) is 141 cm³/mol. The fourth-order valence-electron chi connectivity index (χ4n) is 4.28. The van der Waals surface area contributed by atoms with Crippen molar-refractivity contribution < 1.29 is 4.79 Å². The molecule has 0 aliphatic carbocycles. The largest absolute Gasteiger partial charge is 0.352 e. The number of pyridine rings is 3. The Balaban J connectivity index is 1.41. The van der Waals surface area contributed by atoms with Crippen LogP contribution in [0.15, 0.2) is 79.6 Å². The van der Waals surface area contributed by atoms with E-state index in [1.165, 1.54) is 0 Å². The number of carbonyl (C=O) groups is 1. The van der Waals surface area contributed by atoms with E-state index in [2.05, 4.69) is 47.6 Å². The molecule has 0 saturated carbocycles. The molecule has 0 saturated heterocycles. The second-order valence-corrected chi connectivity index (χ2v) is 9.01. The van der Waals surface area contributed by atoms with Gasteiger partial charge in [-0.1, -0.05) is 26.0 Å². The van der Waals surface area contributed by atoms with Crippen molar-refractivity contribution in [3.8, 4) is 33.6 Å². The van der Waals surface area contributed by atoms with Gasteiger partial charge in [-0.15, -0.1) is 0 Å². The Morgan fingerprint density at radius 3 is 2.53 bits per heavy atom. The van der Waals surface area contributed by atoms with Gasteiger partial charge in [0, 0.05) is 58.2 Å². The van der Waals surface area contributed by atoms with Gasteiger partial charge in [-0.2, -0.15) is 5.10 Å². The zero-order valence-corrected chi connectivity index (χ0v) is 19.8. The van der Waals surface area contributed by atoms with Gasteiger partial charge in [0.25, 0.3) is 0 Å². The second kappa shape index (κ2) is 8.74. The van der Waals surface area contributed by atoms with Crippen molar-refractivity contribution in [2.24, 2.45) is 5.92 Å². The van der Waals surface area contributed by atoms with Gasteiger partial charge in [-0.3, -0.25) is 24.8 Å². The summed E-state index contributed by atoms with van der Waals surface area (Å²) in [7, 11) is 0. The van der Waals surface area contributed by atoms with Crippen molar-refractivity contribution in [2.75, 3.05) is 5.32 Å². The lowest BCUT2D eigenvalue weighted by Gasteiger charge is -2.09. The summed E-state index contributed by atoms with van der Waals surface area (Å²) in [6, 6.07) is 14.1. The molecule has 0 aliphatic heterocycles. The third-order valence-corrected chi connectivity index (χ3v) is 6.20. The van der Waals surface area contributed by atoms with Gasteiger partial charge in [0.05, 0.1) is 34.8 Å². The number of hydrogen-bond acceptors (Lipinski definition) is 5. The molecular weight excluding hydrogens is 450 g/mol. The highest BCUT2D eigenvalue weighted by Gasteiger charge is 2.15. The standard InChI is InChI=1S/C28H23N7O/c1-16(2)28(36)32-20-8-19(12-30-13-20)17-5-6-24-22(9-17)27(35-34-24)25-10-21-23(14-31-15-26(21)33-25)18-4-3-7-29-11-18/h3-16,33H,1-2H3,(H,32,36)(H,34,35). The molecule has 176 valence electrons. The van der Waals surface area contributed by atoms with E-state index in [9.17, 15) is 4.79 Å². The van der Waals surface area contributed by atoms with Gasteiger partial charge in [-0.25, -0.2) is 0 Å². The first-order chi connectivity index (χ1) is 17.6. The lowest BCUT2D eigenvalue weighted by molar-refractivity contribution is -0.118. The van der Waals surface area contributed by atoms with Crippen LogP contribution in [0.4, 0.5) is 5.69 Å². The van der Waals surface area contributed by atoms with Crippen LogP contribution < -0.4 is 5.32 Å². The van der Waals surface area contributed by atoms with Crippen molar-refractivity contribution in [3.63, 3.8) is 0 Å². The lowest BCUT2D eigenvalue weighted by atomic mass is 10.0. The average molecular weight is 474 g/mol. The molecule has 0 bridgehead atoms. The van der Waals surface area contributed by atoms with Crippen LogP contribution in [0.5, 0.6) is 0 Å². The molecule has 6 rings (SSSR count). The lowest BCUT2D eigenvalue weighted by Crippen LogP contribution is -2.17. The summed E-state index contributed by atoms with van der Waals surface area (Å²) < 4.78 is 0. The quantitative estimate of drug-likeness (QED) is 0.292. The van der Waals surface area contributed by atoms with Crippen molar-refractivity contribution in [2.45, 2.75) is 13.8 Å². The van der Waals surface area contributed by atoms with E-state index >= 15 is 0 Å². The minimum atomic E-state index is -0.108. The van der Waals surface area contributed by atoms with Crippen LogP contribution in [0.1, 0.15) is 13.8 Å². The maximum Gasteiger partial charge on any atom is 0.226 e. The molecule has 8 nitrogen and oxygen atoms in total. The smallest absolute Gasteiger partial charge is 0.226 e. The van der Waals surface area contributed by atoms with Crippen molar-refractivity contribution in [1.82, 2.24) is 30.1 Å². The molecule has 6 aromatic rings. The molecule has 0 atom stereocenters. The molecule has 8 heteroatoms. The molecule has 0 radical (unpaired) electrons. The first kappa shape index (κ1) is 21.7. The zero-order chi connectivity index (χ0) is 24.6. The molecular formula is C28H23N7O. The van der Waals surface area contributed by atoms with E-state index < -0.39 is 0 Å². The van der Waals surface area contributed by atoms with Crippen LogP contribution in [0, 0.1) is 5.92 Å². The Kier molecular flexibility index (Phi) is 5.26. The SMILES string of the molecule is CC(C)C(=O)Nc1cncc(-c2ccc3[nH]nc(-c4cc5c(-c6cccnc6)cncc5[nH]4)c3c2)c1. The summed E-state index contributed by atoms with van der Waals surface area (Å²) in [5, 5.41) is 12.7. The van der Waals surface area contributed by atoms with Crippen LogP contribution in [0.25, 0.3) is 55.4 Å². The van der Waals surface area contributed by atoms with Crippen LogP contribution in [-0.4, -0.2) is 36.0 Å². The van der Waals surface area contributed by atoms with E-state index in [0.717, 1.165) is 55.4 Å². The van der Waals surface area contributed by atoms with Crippen LogP contribution in [-0.2, 0) is 4.79 Å². The molecule has 36 heavy (non-hydrogen) atoms. The number of hydrogen-bond donors (Lipinski definition) is 3. The summed E-state index contributed by atoms with van der Waals surface area (Å²) >= 11 is 0. The fourth-order valence-corrected chi connectivity index (χ4v) is 4.28. The molecule has 1 aromatic carbocycles. The van der Waals surface area contributed by atoms with E-state index in [1.807, 2.05) is 62.8 Å². The number of H-pyrrole nitrogens is 2. The Hall–Kier alpha value is -4.85. The van der Waals surface area contributed by atoms with Crippen molar-refractivity contribution in [1.29, 1.82) is 0 Å². The first-order valence-corrected chi connectivity index (χ1v) is 11.7. The molecule has 3 N–H and O–H groups in total. The highest BCUT2D eigenvalue weighted by Crippen LogP contribution is 2.34. The number of nitrogens with zero attached hydrogens (tertiary/aromatic N) is 4. The number of amides is 1. The zero-order valence-electron chi connectivity index (χ0n) is 19.8. The molecule has 5 heterocycles. The minimum absolute atomic E-state index is 0.0412. The number of benzene rings is 1. The van der Waals surface area contributed by atoms with E-state index in [1.54, 1.807) is 18.6 Å². The summed E-state index contributed by atoms with van der Waals surface area (Å²) in [5.41, 5.74) is 8.14. The van der Waals surface area contributed by atoms with Crippen LogP contribution in [0.3, 0.4) is 0 Å². The third kappa shape index (κ3) is 3.88. The van der Waals surface area contributed by atoms with Gasteiger partial charge in [0.2, 0.25) is 5.91 Å². The summed E-state index contributed by atoms with van der Waals surface area (Å²) in [6.07, 6.45) is 10.7. The Morgan fingerprint density at radius 1 is 0.833 bits per heavy atom. The minimum Gasteiger partial charge on any atom is -0.352 e. The average Bonchev–Trinajstić information content (AvgIpc) is 3.53. The monoisotopic (exact) mass is 473 g/mol. The second-order valence-electron chi connectivity index (χ2n) is 9.01. The van der Waals surface area contributed by atoms with Gasteiger partial charge >= 0.3 is 0 Å². The maximum atomic E-state index is 12.1. The number of aromatic nitrogens is 6. The fraction of sp³-hybridized carbons (Fsp3) is 0.107. The predicted octanol–water partition coefficient (Wildman–Crippen LogP) is 5.82. The Labute approximate surface area is 206 Å². The van der Waals surface area contributed by atoms with Crippen molar-refractivity contribution >= 4 is 33.4 Å². The number of nitrogens with one attached hydrogen (secondary N) is 3. The molecule has 0 spiro atoms. The van der Waals surface area contributed by atoms with Crippen LogP contribution >= 0.6 is 0 Å². The number of fused-ring (bicyclic) bond motifs is 2. The number of aromatic amines is 2. The summed E-state index contributed by atoms with van der Waals surface area (Å²) in [6.45, 7) is 3.72. The maximum absolute atomic E-state index is 12.1. The Morgan fingerprint density at radius 2 is 1.69 bits per heavy atom. The number of carbonyl (C=O) groups excluding carboxylic acids is 1. The van der Waals surface area contributed by atoms with Crippen LogP contribution in [0.2, 0.25) is 0 Å². The molecule has 0 aliphatic rings. The molecule has 5 aromatic heterocycles. The van der Waals surface area contributed by atoms with Gasteiger partial charge in [0.15, 0.2) is 0 Å². The highest BCUT2D eigenvalue weighted by atomic mass is 16.1. The molecule has 1 amide bonds. The third-order valence-electron chi connectivity index (χ3n) is 6.20. The van der Waals surface area contributed by atoms with E-state index in [4.69, 9.17) is 0 Å². The molecule has 0 unspecified atom stereocenters. The number of anilines is 1. The van der Waals surface area contributed by atoms with Gasteiger partial charge < -0.3 is 10.3 Å². The van der Waals surface area contributed by atoms with E-state index in [0.29, 0.717) is 5.69 Å². The Bertz CT molecular complexity index is 1720. The summed E-state index contributed by atoms with van der Waals surface area (Å²) in [5.74, 6) is -0.149. The molecule has 0 fully saturated rings. The van der Waals surface area contributed by atoms with Crippen molar-refractivity contribution in [3.05, 3.63) is 79.6 Å².